The fourth-order valence-electron chi connectivity index (χ4n) is 1.70. The average Bonchev–Trinajstić information content (AvgIpc) is 2.50. The fraction of sp³-hybridized carbons (Fsp3) is 0.125. The first-order chi connectivity index (χ1) is 10.6. The first-order valence-corrected chi connectivity index (χ1v) is 7.38. The Bertz CT molecular complexity index is 664. The van der Waals surface area contributed by atoms with E-state index < -0.39 is 0 Å². The maximum Gasteiger partial charge on any atom is 0.259 e. The summed E-state index contributed by atoms with van der Waals surface area (Å²) in [6.07, 6.45) is 1.43. The van der Waals surface area contributed by atoms with Gasteiger partial charge in [0.15, 0.2) is 0 Å². The number of aryl methyl sites for hydroxylation is 1. The molecule has 0 aliphatic carbocycles. The van der Waals surface area contributed by atoms with E-state index in [4.69, 9.17) is 23.2 Å². The molecule has 0 fully saturated rings. The van der Waals surface area contributed by atoms with Crippen molar-refractivity contribution in [2.24, 2.45) is 5.10 Å². The number of halogens is 2. The van der Waals surface area contributed by atoms with Gasteiger partial charge in [-0.2, -0.15) is 5.10 Å². The summed E-state index contributed by atoms with van der Waals surface area (Å²) in [5, 5.41) is 7.81. The minimum absolute atomic E-state index is 0.122. The van der Waals surface area contributed by atoms with Crippen molar-refractivity contribution in [1.82, 2.24) is 5.43 Å². The number of carbonyl (C=O) groups is 1. The second kappa shape index (κ2) is 7.82. The molecule has 0 bridgehead atoms. The number of carbonyl (C=O) groups excluding carboxylic acids is 1. The van der Waals surface area contributed by atoms with E-state index in [0.29, 0.717) is 15.6 Å². The molecule has 0 atom stereocenters. The molecule has 1 amide bonds. The molecule has 0 spiro atoms. The number of rotatable bonds is 5. The van der Waals surface area contributed by atoms with Crippen molar-refractivity contribution < 1.29 is 4.79 Å². The Labute approximate surface area is 139 Å². The van der Waals surface area contributed by atoms with Gasteiger partial charge in [-0.1, -0.05) is 47.0 Å². The van der Waals surface area contributed by atoms with Crippen molar-refractivity contribution in [1.29, 1.82) is 0 Å². The van der Waals surface area contributed by atoms with Crippen LogP contribution in [0.15, 0.2) is 47.6 Å². The van der Waals surface area contributed by atoms with Crippen molar-refractivity contribution in [2.75, 3.05) is 11.9 Å². The molecule has 2 aromatic carbocycles. The Hall–Kier alpha value is -2.04. The number of hydrogen-bond donors (Lipinski definition) is 2. The van der Waals surface area contributed by atoms with Crippen LogP contribution in [0.1, 0.15) is 11.1 Å². The molecular weight excluding hydrogens is 321 g/mol. The van der Waals surface area contributed by atoms with Crippen LogP contribution in [0.4, 0.5) is 5.69 Å². The zero-order chi connectivity index (χ0) is 15.9. The van der Waals surface area contributed by atoms with Crippen molar-refractivity contribution in [3.05, 3.63) is 63.6 Å². The van der Waals surface area contributed by atoms with Crippen molar-refractivity contribution in [3.63, 3.8) is 0 Å². The highest BCUT2D eigenvalue weighted by Gasteiger charge is 2.03. The van der Waals surface area contributed by atoms with Crippen LogP contribution in [-0.2, 0) is 4.79 Å². The van der Waals surface area contributed by atoms with E-state index in [1.165, 1.54) is 6.21 Å². The van der Waals surface area contributed by atoms with Crippen molar-refractivity contribution >= 4 is 41.0 Å². The van der Waals surface area contributed by atoms with E-state index >= 15 is 0 Å². The van der Waals surface area contributed by atoms with Crippen LogP contribution < -0.4 is 10.7 Å². The molecular formula is C16H15Cl2N3O. The summed E-state index contributed by atoms with van der Waals surface area (Å²) in [5.41, 5.74) is 5.02. The fourth-order valence-corrected chi connectivity index (χ4v) is 2.19. The second-order valence-electron chi connectivity index (χ2n) is 4.65. The van der Waals surface area contributed by atoms with Gasteiger partial charge in [-0.15, -0.1) is 0 Å². The Kier molecular flexibility index (Phi) is 5.81. The van der Waals surface area contributed by atoms with Crippen LogP contribution in [0.5, 0.6) is 0 Å². The predicted octanol–water partition coefficient (Wildman–Crippen LogP) is 3.86. The van der Waals surface area contributed by atoms with E-state index in [-0.39, 0.29) is 12.5 Å². The number of nitrogens with zero attached hydrogens (tertiary/aromatic N) is 1. The lowest BCUT2D eigenvalue weighted by atomic mass is 10.2. The zero-order valence-corrected chi connectivity index (χ0v) is 13.4. The Morgan fingerprint density at radius 2 is 1.77 bits per heavy atom. The summed E-state index contributed by atoms with van der Waals surface area (Å²) < 4.78 is 0. The van der Waals surface area contributed by atoms with Crippen molar-refractivity contribution in [3.8, 4) is 0 Å². The lowest BCUT2D eigenvalue weighted by molar-refractivity contribution is -0.119. The van der Waals surface area contributed by atoms with Crippen molar-refractivity contribution in [2.45, 2.75) is 6.92 Å². The molecule has 0 aromatic heterocycles. The molecule has 4 nitrogen and oxygen atoms in total. The molecule has 0 radical (unpaired) electrons. The van der Waals surface area contributed by atoms with Crippen LogP contribution in [-0.4, -0.2) is 18.7 Å². The van der Waals surface area contributed by atoms with Gasteiger partial charge >= 0.3 is 0 Å². The second-order valence-corrected chi connectivity index (χ2v) is 5.46. The molecule has 114 valence electrons. The normalized spacial score (nSPS) is 10.7. The van der Waals surface area contributed by atoms with Gasteiger partial charge in [0.05, 0.1) is 22.8 Å². The highest BCUT2D eigenvalue weighted by atomic mass is 35.5. The summed E-state index contributed by atoms with van der Waals surface area (Å²) in [6.45, 7) is 2.13. The molecule has 0 saturated heterocycles. The van der Waals surface area contributed by atoms with Crippen LogP contribution in [0.25, 0.3) is 0 Å². The minimum Gasteiger partial charge on any atom is -0.376 e. The third kappa shape index (κ3) is 4.76. The molecule has 0 heterocycles. The zero-order valence-electron chi connectivity index (χ0n) is 11.9. The molecule has 0 aliphatic rings. The number of hydrogen-bond acceptors (Lipinski definition) is 3. The molecule has 6 heteroatoms. The number of anilines is 1. The highest BCUT2D eigenvalue weighted by Crippen LogP contribution is 2.21. The number of amides is 1. The van der Waals surface area contributed by atoms with Crippen LogP contribution >= 0.6 is 23.2 Å². The topological polar surface area (TPSA) is 53.5 Å². The van der Waals surface area contributed by atoms with E-state index in [9.17, 15) is 4.79 Å². The third-order valence-corrected chi connectivity index (χ3v) is 3.55. The van der Waals surface area contributed by atoms with Crippen LogP contribution in [0.2, 0.25) is 10.0 Å². The van der Waals surface area contributed by atoms with Gasteiger partial charge in [0.25, 0.3) is 5.91 Å². The molecule has 0 aliphatic heterocycles. The summed E-state index contributed by atoms with van der Waals surface area (Å²) in [7, 11) is 0. The Balaban J connectivity index is 1.85. The Morgan fingerprint density at radius 3 is 2.41 bits per heavy atom. The van der Waals surface area contributed by atoms with E-state index in [2.05, 4.69) is 15.8 Å². The largest absolute Gasteiger partial charge is 0.376 e. The summed E-state index contributed by atoms with van der Waals surface area (Å²) in [5.74, 6) is -0.264. The van der Waals surface area contributed by atoms with Crippen LogP contribution in [0.3, 0.4) is 0 Å². The van der Waals surface area contributed by atoms with E-state index in [1.807, 2.05) is 31.2 Å². The molecule has 0 unspecified atom stereocenters. The average molecular weight is 336 g/mol. The first kappa shape index (κ1) is 16.3. The van der Waals surface area contributed by atoms with Gasteiger partial charge in [0.2, 0.25) is 0 Å². The number of benzene rings is 2. The lowest BCUT2D eigenvalue weighted by Gasteiger charge is -2.05. The minimum atomic E-state index is -0.264. The van der Waals surface area contributed by atoms with E-state index in [0.717, 1.165) is 11.3 Å². The van der Waals surface area contributed by atoms with Crippen LogP contribution in [0, 0.1) is 6.92 Å². The summed E-state index contributed by atoms with van der Waals surface area (Å²) in [6, 6.07) is 12.9. The number of hydrazone groups is 1. The maximum atomic E-state index is 11.7. The van der Waals surface area contributed by atoms with Gasteiger partial charge in [-0.05, 0) is 31.2 Å². The SMILES string of the molecule is Cc1ccc(NCC(=O)N/N=C\c2c(Cl)cccc2Cl)cc1. The monoisotopic (exact) mass is 335 g/mol. The first-order valence-electron chi connectivity index (χ1n) is 6.63. The highest BCUT2D eigenvalue weighted by molar-refractivity contribution is 6.38. The smallest absolute Gasteiger partial charge is 0.259 e. The van der Waals surface area contributed by atoms with Gasteiger partial charge in [0.1, 0.15) is 0 Å². The molecule has 2 N–H and O–H groups in total. The third-order valence-electron chi connectivity index (χ3n) is 2.89. The maximum absolute atomic E-state index is 11.7. The summed E-state index contributed by atoms with van der Waals surface area (Å²) >= 11 is 12.0. The molecule has 22 heavy (non-hydrogen) atoms. The quantitative estimate of drug-likeness (QED) is 0.643. The number of nitrogens with one attached hydrogen (secondary N) is 2. The summed E-state index contributed by atoms with van der Waals surface area (Å²) in [4.78, 5) is 11.7. The van der Waals surface area contributed by atoms with Gasteiger partial charge in [-0.25, -0.2) is 5.43 Å². The van der Waals surface area contributed by atoms with E-state index in [1.54, 1.807) is 18.2 Å². The van der Waals surface area contributed by atoms with Gasteiger partial charge in [0, 0.05) is 11.3 Å². The standard InChI is InChI=1S/C16H15Cl2N3O/c1-11-5-7-12(8-6-11)19-10-16(22)21-20-9-13-14(17)3-2-4-15(13)18/h2-9,19H,10H2,1H3,(H,21,22)/b20-9-. The Morgan fingerprint density at radius 1 is 1.14 bits per heavy atom. The lowest BCUT2D eigenvalue weighted by Crippen LogP contribution is -2.25. The van der Waals surface area contributed by atoms with Gasteiger partial charge < -0.3 is 5.32 Å². The molecule has 2 aromatic rings. The molecule has 0 saturated carbocycles. The molecule has 2 rings (SSSR count). The van der Waals surface area contributed by atoms with Gasteiger partial charge in [-0.3, -0.25) is 4.79 Å². The predicted molar refractivity (Wildman–Crippen MR) is 91.9 cm³/mol.